The van der Waals surface area contributed by atoms with Gasteiger partial charge in [0.15, 0.2) is 6.04 Å². The van der Waals surface area contributed by atoms with Crippen molar-refractivity contribution in [1.82, 2.24) is 0 Å². The lowest BCUT2D eigenvalue weighted by atomic mass is 9.91. The van der Waals surface area contributed by atoms with Gasteiger partial charge in [0.1, 0.15) is 17.7 Å². The number of benzene rings is 2. The van der Waals surface area contributed by atoms with Crippen LogP contribution >= 0.6 is 0 Å². The van der Waals surface area contributed by atoms with Crippen LogP contribution in [0.5, 0.6) is 0 Å². The Bertz CT molecular complexity index is 761. The summed E-state index contributed by atoms with van der Waals surface area (Å²) < 4.78 is 33.7. The average Bonchev–Trinajstić information content (AvgIpc) is 2.73. The van der Waals surface area contributed by atoms with E-state index in [0.29, 0.717) is 17.9 Å². The molecule has 1 unspecified atom stereocenters. The lowest BCUT2D eigenvalue weighted by Gasteiger charge is -2.28. The zero-order valence-corrected chi connectivity index (χ0v) is 17.5. The molecule has 2 atom stereocenters. The Kier molecular flexibility index (Phi) is 9.10. The highest BCUT2D eigenvalue weighted by Gasteiger charge is 2.29. The topological polar surface area (TPSA) is 38.3 Å². The number of esters is 1. The van der Waals surface area contributed by atoms with Crippen LogP contribution in [0, 0.1) is 17.6 Å². The summed E-state index contributed by atoms with van der Waals surface area (Å²) in [5, 5.41) is 2.85. The second-order valence-electron chi connectivity index (χ2n) is 7.33. The summed E-state index contributed by atoms with van der Waals surface area (Å²) in [4.78, 5) is 13.1. The molecule has 0 aromatic heterocycles. The fraction of sp³-hybridized carbons (Fsp3) is 0.458. The lowest BCUT2D eigenvalue weighted by Crippen LogP contribution is -2.32. The highest BCUT2D eigenvalue weighted by Crippen LogP contribution is 2.28. The maximum Gasteiger partial charge on any atom is 0.333 e. The van der Waals surface area contributed by atoms with E-state index in [1.807, 2.05) is 13.0 Å². The molecule has 0 aliphatic heterocycles. The average molecular weight is 404 g/mol. The summed E-state index contributed by atoms with van der Waals surface area (Å²) in [6, 6.07) is 11.2. The molecule has 29 heavy (non-hydrogen) atoms. The van der Waals surface area contributed by atoms with Gasteiger partial charge in [-0.2, -0.15) is 0 Å². The normalized spacial score (nSPS) is 13.2. The molecule has 2 aromatic carbocycles. The van der Waals surface area contributed by atoms with Crippen LogP contribution in [0.2, 0.25) is 0 Å². The van der Waals surface area contributed by atoms with Crippen molar-refractivity contribution in [1.29, 1.82) is 0 Å². The summed E-state index contributed by atoms with van der Waals surface area (Å²) in [6.45, 7) is 6.25. The van der Waals surface area contributed by atoms with E-state index in [0.717, 1.165) is 43.9 Å². The number of ether oxygens (including phenoxy) is 1. The van der Waals surface area contributed by atoms with E-state index >= 15 is 0 Å². The first-order chi connectivity index (χ1) is 14.0. The molecule has 0 amide bonds. The summed E-state index contributed by atoms with van der Waals surface area (Å²) >= 11 is 0. The molecule has 2 rings (SSSR count). The smallest absolute Gasteiger partial charge is 0.333 e. The maximum absolute atomic E-state index is 14.2. The van der Waals surface area contributed by atoms with Gasteiger partial charge in [0.25, 0.3) is 0 Å². The van der Waals surface area contributed by atoms with Crippen molar-refractivity contribution in [2.75, 3.05) is 5.32 Å². The van der Waals surface area contributed by atoms with Crippen molar-refractivity contribution in [2.24, 2.45) is 5.92 Å². The van der Waals surface area contributed by atoms with Crippen LogP contribution in [0.1, 0.15) is 64.5 Å². The summed E-state index contributed by atoms with van der Waals surface area (Å²) in [5.41, 5.74) is 0.570. The standard InChI is InChI=1S/C24H31F2NO2/c1-4-10-17(11-5-2)22(6-3)29-24(28)23(18-12-8-7-9-13-18)27-21-16-19(25)14-15-20(21)26/h7-9,12-17,22-23,27H,4-6,10-11H2,1-3H3/t22-,23?/m0/s1. The van der Waals surface area contributed by atoms with Crippen molar-refractivity contribution < 1.29 is 18.3 Å². The molecule has 0 bridgehead atoms. The van der Waals surface area contributed by atoms with Crippen molar-refractivity contribution >= 4 is 11.7 Å². The van der Waals surface area contributed by atoms with Crippen LogP contribution in [0.3, 0.4) is 0 Å². The van der Waals surface area contributed by atoms with Crippen LogP contribution in [0.15, 0.2) is 48.5 Å². The molecule has 2 aromatic rings. The first kappa shape index (κ1) is 22.9. The summed E-state index contributed by atoms with van der Waals surface area (Å²) in [7, 11) is 0. The van der Waals surface area contributed by atoms with E-state index in [2.05, 4.69) is 19.2 Å². The minimum absolute atomic E-state index is 0.0671. The molecule has 0 spiro atoms. The van der Waals surface area contributed by atoms with Crippen molar-refractivity contribution in [3.8, 4) is 0 Å². The predicted octanol–water partition coefficient (Wildman–Crippen LogP) is 6.66. The van der Waals surface area contributed by atoms with Crippen LogP contribution in [-0.2, 0) is 9.53 Å². The molecule has 0 aliphatic carbocycles. The molecule has 5 heteroatoms. The van der Waals surface area contributed by atoms with Gasteiger partial charge in [0, 0.05) is 0 Å². The molecule has 1 N–H and O–H groups in total. The number of carbonyl (C=O) groups excluding carboxylic acids is 1. The fourth-order valence-corrected chi connectivity index (χ4v) is 3.68. The third-order valence-electron chi connectivity index (χ3n) is 5.11. The minimum atomic E-state index is -0.926. The predicted molar refractivity (Wildman–Crippen MR) is 113 cm³/mol. The number of carbonyl (C=O) groups is 1. The second kappa shape index (κ2) is 11.5. The molecular formula is C24H31F2NO2. The van der Waals surface area contributed by atoms with Gasteiger partial charge in [-0.15, -0.1) is 0 Å². The Balaban J connectivity index is 2.28. The van der Waals surface area contributed by atoms with E-state index in [1.54, 1.807) is 24.3 Å². The number of nitrogens with one attached hydrogen (secondary N) is 1. The van der Waals surface area contributed by atoms with Gasteiger partial charge < -0.3 is 10.1 Å². The number of rotatable bonds is 11. The van der Waals surface area contributed by atoms with E-state index in [9.17, 15) is 13.6 Å². The van der Waals surface area contributed by atoms with Gasteiger partial charge in [-0.1, -0.05) is 63.9 Å². The third kappa shape index (κ3) is 6.55. The molecule has 0 radical (unpaired) electrons. The van der Waals surface area contributed by atoms with Crippen LogP contribution in [0.4, 0.5) is 14.5 Å². The number of anilines is 1. The number of hydrogen-bond donors (Lipinski definition) is 1. The summed E-state index contributed by atoms with van der Waals surface area (Å²) in [6.07, 6.45) is 4.53. The molecule has 0 heterocycles. The number of hydrogen-bond acceptors (Lipinski definition) is 3. The van der Waals surface area contributed by atoms with Crippen molar-refractivity contribution in [3.05, 3.63) is 65.7 Å². The van der Waals surface area contributed by atoms with Gasteiger partial charge in [-0.05, 0) is 48.9 Å². The largest absolute Gasteiger partial charge is 0.460 e. The highest BCUT2D eigenvalue weighted by atomic mass is 19.1. The Hall–Kier alpha value is -2.43. The zero-order chi connectivity index (χ0) is 21.2. The lowest BCUT2D eigenvalue weighted by molar-refractivity contribution is -0.153. The van der Waals surface area contributed by atoms with Gasteiger partial charge >= 0.3 is 5.97 Å². The molecule has 0 aliphatic rings. The Morgan fingerprint density at radius 1 is 1.00 bits per heavy atom. The Labute approximate surface area is 172 Å². The molecule has 3 nitrogen and oxygen atoms in total. The van der Waals surface area contributed by atoms with E-state index in [-0.39, 0.29) is 11.8 Å². The van der Waals surface area contributed by atoms with Crippen molar-refractivity contribution in [2.45, 2.75) is 65.0 Å². The first-order valence-corrected chi connectivity index (χ1v) is 10.5. The van der Waals surface area contributed by atoms with Gasteiger partial charge in [0.2, 0.25) is 0 Å². The third-order valence-corrected chi connectivity index (χ3v) is 5.11. The maximum atomic E-state index is 14.2. The first-order valence-electron chi connectivity index (χ1n) is 10.5. The quantitative estimate of drug-likeness (QED) is 0.427. The van der Waals surface area contributed by atoms with E-state index in [4.69, 9.17) is 4.74 Å². The highest BCUT2D eigenvalue weighted by molar-refractivity contribution is 5.81. The van der Waals surface area contributed by atoms with Crippen molar-refractivity contribution in [3.63, 3.8) is 0 Å². The van der Waals surface area contributed by atoms with Crippen LogP contribution in [0.25, 0.3) is 0 Å². The van der Waals surface area contributed by atoms with E-state index in [1.165, 1.54) is 0 Å². The molecule has 0 fully saturated rings. The summed E-state index contributed by atoms with van der Waals surface area (Å²) in [5.74, 6) is -1.39. The molecular weight excluding hydrogens is 372 g/mol. The van der Waals surface area contributed by atoms with Crippen LogP contribution < -0.4 is 5.32 Å². The molecule has 0 saturated heterocycles. The monoisotopic (exact) mass is 403 g/mol. The van der Waals surface area contributed by atoms with Gasteiger partial charge in [0.05, 0.1) is 5.69 Å². The Morgan fingerprint density at radius 3 is 2.24 bits per heavy atom. The minimum Gasteiger partial charge on any atom is -0.460 e. The van der Waals surface area contributed by atoms with Crippen LogP contribution in [-0.4, -0.2) is 12.1 Å². The fourth-order valence-electron chi connectivity index (χ4n) is 3.68. The molecule has 0 saturated carbocycles. The second-order valence-corrected chi connectivity index (χ2v) is 7.33. The zero-order valence-electron chi connectivity index (χ0n) is 17.5. The SMILES string of the molecule is CCCC(CCC)[C@H](CC)OC(=O)C(Nc1cc(F)ccc1F)c1ccccc1. The molecule has 158 valence electrons. The Morgan fingerprint density at radius 2 is 1.66 bits per heavy atom. The van der Waals surface area contributed by atoms with Gasteiger partial charge in [-0.3, -0.25) is 0 Å². The number of halogens is 2. The van der Waals surface area contributed by atoms with E-state index < -0.39 is 23.6 Å². The van der Waals surface area contributed by atoms with Gasteiger partial charge in [-0.25, -0.2) is 13.6 Å².